The zero-order valence-corrected chi connectivity index (χ0v) is 8.16. The number of aliphatic carboxylic acids is 1. The van der Waals surface area contributed by atoms with Gasteiger partial charge in [-0.15, -0.1) is 9.42 Å². The van der Waals surface area contributed by atoms with Gasteiger partial charge in [0.15, 0.2) is 0 Å². The van der Waals surface area contributed by atoms with Gasteiger partial charge in [-0.05, 0) is 0 Å². The maximum absolute atomic E-state index is 10.7. The van der Waals surface area contributed by atoms with Crippen LogP contribution in [-0.2, 0) is 15.7 Å². The third-order valence-corrected chi connectivity index (χ3v) is 2.56. The Balaban J connectivity index is 4.32. The van der Waals surface area contributed by atoms with Crippen molar-refractivity contribution in [1.29, 1.82) is 0 Å². The molecule has 0 aliphatic carbocycles. The number of quaternary nitrogens is 1. The Morgan fingerprint density at radius 1 is 1.62 bits per heavy atom. The Morgan fingerprint density at radius 2 is 2.15 bits per heavy atom. The molecule has 0 amide bonds. The summed E-state index contributed by atoms with van der Waals surface area (Å²) < 4.78 is 20.9. The van der Waals surface area contributed by atoms with E-state index in [1.165, 1.54) is 7.05 Å². The Labute approximate surface area is 77.8 Å². The van der Waals surface area contributed by atoms with Crippen LogP contribution in [0.25, 0.3) is 0 Å². The molecule has 0 aliphatic rings. The van der Waals surface area contributed by atoms with Gasteiger partial charge in [-0.25, -0.2) is 0 Å². The Morgan fingerprint density at radius 3 is 2.46 bits per heavy atom. The van der Waals surface area contributed by atoms with Crippen molar-refractivity contribution in [3.05, 3.63) is 0 Å². The molecule has 0 bridgehead atoms. The van der Waals surface area contributed by atoms with Crippen LogP contribution in [0.3, 0.4) is 0 Å². The van der Waals surface area contributed by atoms with Crippen LogP contribution in [0.4, 0.5) is 0 Å². The minimum Gasteiger partial charge on any atom is -0.480 e. The molecule has 0 heterocycles. The molecule has 1 atom stereocenters. The van der Waals surface area contributed by atoms with E-state index in [9.17, 15) is 13.2 Å². The van der Waals surface area contributed by atoms with E-state index in [1.54, 1.807) is 0 Å². The number of thiol groups is 1. The van der Waals surface area contributed by atoms with Gasteiger partial charge in [-0.3, -0.25) is 4.79 Å². The number of carbonyl (C=O) groups is 1. The van der Waals surface area contributed by atoms with Crippen LogP contribution in [0, 0.1) is 0 Å². The monoisotopic (exact) mass is 212 g/mol. The lowest BCUT2D eigenvalue weighted by atomic mass is 10.6. The largest absolute Gasteiger partial charge is 0.480 e. The van der Waals surface area contributed by atoms with E-state index < -0.39 is 27.4 Å². The lowest BCUT2D eigenvalue weighted by molar-refractivity contribution is -0.826. The molecule has 0 rings (SSSR count). The first-order valence-corrected chi connectivity index (χ1v) is 4.73. The number of nitrogens with two attached hydrogens (primary N) is 1. The van der Waals surface area contributed by atoms with Crippen molar-refractivity contribution in [3.63, 3.8) is 0 Å². The van der Waals surface area contributed by atoms with Gasteiger partial charge in [0.1, 0.15) is 20.1 Å². The van der Waals surface area contributed by atoms with E-state index in [0.29, 0.717) is 0 Å². The van der Waals surface area contributed by atoms with Gasteiger partial charge in [-0.1, -0.05) is 0 Å². The van der Waals surface area contributed by atoms with E-state index in [4.69, 9.17) is 10.8 Å². The molecule has 0 spiro atoms. The number of carboxylic acids is 1. The molecule has 0 aromatic heterocycles. The molecule has 0 aliphatic heterocycles. The van der Waals surface area contributed by atoms with Crippen LogP contribution >= 0.6 is 0 Å². The zero-order valence-electron chi connectivity index (χ0n) is 7.27. The highest BCUT2D eigenvalue weighted by Crippen LogP contribution is 1.94. The van der Waals surface area contributed by atoms with Gasteiger partial charge >= 0.3 is 16.9 Å². The van der Waals surface area contributed by atoms with Crippen LogP contribution < -0.4 is 11.2 Å². The summed E-state index contributed by atoms with van der Waals surface area (Å²) in [5.41, 5.74) is 7.55. The van der Waals surface area contributed by atoms with Crippen LogP contribution in [0.15, 0.2) is 0 Å². The molecule has 7 nitrogen and oxygen atoms in total. The summed E-state index contributed by atoms with van der Waals surface area (Å²) in [5, 5.41) is 8.33. The first-order valence-electron chi connectivity index (χ1n) is 3.60. The molecule has 4 N–H and O–H groups in total. The first-order chi connectivity index (χ1) is 5.92. The minimum atomic E-state index is -2.80. The molecule has 1 unspecified atom stereocenters. The predicted octanol–water partition coefficient (Wildman–Crippen LogP) is -2.49. The maximum atomic E-state index is 10.7. The highest BCUT2D eigenvalue weighted by Gasteiger charge is 2.24. The summed E-state index contributed by atoms with van der Waals surface area (Å²) in [6.07, 6.45) is 0. The summed E-state index contributed by atoms with van der Waals surface area (Å²) in [6, 6.07) is 0. The second-order valence-corrected chi connectivity index (χ2v) is 3.98. The highest BCUT2D eigenvalue weighted by molar-refractivity contribution is 7.66. The summed E-state index contributed by atoms with van der Waals surface area (Å²) in [4.78, 5) is 10.2. The molecular weight excluding hydrogens is 198 g/mol. The van der Waals surface area contributed by atoms with Crippen molar-refractivity contribution < 1.29 is 22.3 Å². The molecule has 78 valence electrons. The van der Waals surface area contributed by atoms with Crippen molar-refractivity contribution in [2.24, 2.45) is 5.73 Å². The normalized spacial score (nSPS) is 15.6. The number of rotatable bonds is 6. The number of carboxylic acid groups (broad SMARTS) is 1. The van der Waals surface area contributed by atoms with Gasteiger partial charge in [0.05, 0.1) is 0 Å². The van der Waals surface area contributed by atoms with Crippen LogP contribution in [0.5, 0.6) is 0 Å². The fraction of sp³-hybridized carbons (Fsp3) is 0.800. The van der Waals surface area contributed by atoms with Gasteiger partial charge in [0, 0.05) is 6.54 Å². The Bertz CT molecular complexity index is 246. The standard InChI is InChI=1S/C5H13N3O4S/c1-8(3-2-6,13(11)12)7-4-5(9)10/h7,13H,2-4,6H2,1H3/p+1. The van der Waals surface area contributed by atoms with Crippen molar-refractivity contribution in [3.8, 4) is 0 Å². The number of nitrogens with one attached hydrogen (secondary N) is 1. The smallest absolute Gasteiger partial charge is 0.322 e. The molecule has 0 fully saturated rings. The average Bonchev–Trinajstić information content (AvgIpc) is 2.01. The fourth-order valence-electron chi connectivity index (χ4n) is 0.708. The predicted molar refractivity (Wildman–Crippen MR) is 46.1 cm³/mol. The summed E-state index contributed by atoms with van der Waals surface area (Å²) in [5.74, 6) is -1.11. The quantitative estimate of drug-likeness (QED) is 0.220. The lowest BCUT2D eigenvalue weighted by Crippen LogP contribution is -2.57. The molecule has 0 radical (unpaired) electrons. The van der Waals surface area contributed by atoms with Crippen LogP contribution in [0.1, 0.15) is 0 Å². The lowest BCUT2D eigenvalue weighted by Gasteiger charge is -2.25. The van der Waals surface area contributed by atoms with Crippen molar-refractivity contribution >= 4 is 16.9 Å². The number of nitrogens with zero attached hydrogens (tertiary/aromatic N) is 1. The van der Waals surface area contributed by atoms with Gasteiger partial charge in [-0.2, -0.15) is 8.42 Å². The molecule has 8 heteroatoms. The van der Waals surface area contributed by atoms with Crippen molar-refractivity contribution in [2.45, 2.75) is 0 Å². The first kappa shape index (κ1) is 12.3. The highest BCUT2D eigenvalue weighted by atomic mass is 32.2. The van der Waals surface area contributed by atoms with Crippen molar-refractivity contribution in [1.82, 2.24) is 5.43 Å². The molecule has 0 saturated heterocycles. The summed E-state index contributed by atoms with van der Waals surface area (Å²) >= 11 is 0. The summed E-state index contributed by atoms with van der Waals surface area (Å²) in [6.45, 7) is -0.127. The number of hydrogen-bond acceptors (Lipinski definition) is 5. The number of hydrogen-bond donors (Lipinski definition) is 4. The molecular formula is C5H14N3O4S+. The zero-order chi connectivity index (χ0) is 10.5. The third-order valence-electron chi connectivity index (χ3n) is 1.50. The average molecular weight is 212 g/mol. The number of likely N-dealkylation sites (N-methyl/N-ethyl adjacent to an activating group) is 1. The second kappa shape index (κ2) is 5.12. The Hall–Kier alpha value is -0.700. The van der Waals surface area contributed by atoms with Gasteiger partial charge in [0.2, 0.25) is 0 Å². The van der Waals surface area contributed by atoms with E-state index in [1.807, 2.05) is 0 Å². The van der Waals surface area contributed by atoms with Crippen LogP contribution in [-0.4, -0.2) is 50.2 Å². The van der Waals surface area contributed by atoms with E-state index in [0.717, 1.165) is 0 Å². The third kappa shape index (κ3) is 4.18. The molecule has 13 heavy (non-hydrogen) atoms. The molecule has 0 aromatic rings. The summed E-state index contributed by atoms with van der Waals surface area (Å²) in [7, 11) is -1.45. The SMILES string of the molecule is C[N+](CCN)(NCC(=O)O)[SH](=O)=O. The van der Waals surface area contributed by atoms with E-state index in [2.05, 4.69) is 5.43 Å². The fourth-order valence-corrected chi connectivity index (χ4v) is 1.17. The molecule has 0 saturated carbocycles. The second-order valence-electron chi connectivity index (χ2n) is 2.62. The van der Waals surface area contributed by atoms with Crippen molar-refractivity contribution in [2.75, 3.05) is 26.7 Å². The van der Waals surface area contributed by atoms with Crippen LogP contribution in [0.2, 0.25) is 0 Å². The topological polar surface area (TPSA) is 109 Å². The molecule has 0 aromatic carbocycles. The van der Waals surface area contributed by atoms with E-state index in [-0.39, 0.29) is 13.1 Å². The van der Waals surface area contributed by atoms with Gasteiger partial charge in [0.25, 0.3) is 0 Å². The van der Waals surface area contributed by atoms with E-state index >= 15 is 0 Å². The Kier molecular flexibility index (Phi) is 4.85. The maximum Gasteiger partial charge on any atom is 0.322 e. The van der Waals surface area contributed by atoms with Gasteiger partial charge < -0.3 is 10.8 Å². The minimum absolute atomic E-state index is 0.131.